The highest BCUT2D eigenvalue weighted by Gasteiger charge is 2.31. The van der Waals surface area contributed by atoms with Crippen LogP contribution in [0, 0.1) is 12.3 Å². The topological polar surface area (TPSA) is 40.5 Å². The van der Waals surface area contributed by atoms with Crippen molar-refractivity contribution in [3.8, 4) is 12.3 Å². The lowest BCUT2D eigenvalue weighted by Crippen LogP contribution is -2.35. The van der Waals surface area contributed by atoms with Crippen molar-refractivity contribution in [1.82, 2.24) is 4.90 Å². The molecule has 66 valence electrons. The molecule has 0 radical (unpaired) electrons. The average molecular weight is 167 g/mol. The lowest BCUT2D eigenvalue weighted by atomic mass is 10.3. The number of hydrogen-bond donors (Lipinski definition) is 1. The molecule has 1 aliphatic carbocycles. The van der Waals surface area contributed by atoms with Gasteiger partial charge in [-0.3, -0.25) is 4.79 Å². The molecule has 0 saturated heterocycles. The highest BCUT2D eigenvalue weighted by molar-refractivity contribution is 5.79. The van der Waals surface area contributed by atoms with E-state index in [0.29, 0.717) is 12.6 Å². The molecule has 0 unspecified atom stereocenters. The summed E-state index contributed by atoms with van der Waals surface area (Å²) in [6, 6.07) is 0.345. The van der Waals surface area contributed by atoms with Gasteiger partial charge in [-0.05, 0) is 12.8 Å². The molecule has 0 bridgehead atoms. The number of aliphatic hydroxyl groups is 1. The van der Waals surface area contributed by atoms with Crippen LogP contribution < -0.4 is 0 Å². The van der Waals surface area contributed by atoms with E-state index in [1.165, 1.54) is 0 Å². The Kier molecular flexibility index (Phi) is 3.12. The van der Waals surface area contributed by atoms with Crippen LogP contribution in [0.3, 0.4) is 0 Å². The molecule has 1 rings (SSSR count). The zero-order chi connectivity index (χ0) is 8.97. The fourth-order valence-corrected chi connectivity index (χ4v) is 1.19. The first-order valence-corrected chi connectivity index (χ1v) is 4.13. The van der Waals surface area contributed by atoms with Gasteiger partial charge in [-0.1, -0.05) is 5.92 Å². The first kappa shape index (κ1) is 9.08. The van der Waals surface area contributed by atoms with Crippen LogP contribution in [0.2, 0.25) is 0 Å². The number of terminal acetylenes is 1. The predicted molar refractivity (Wildman–Crippen MR) is 45.3 cm³/mol. The second-order valence-corrected chi connectivity index (χ2v) is 2.92. The van der Waals surface area contributed by atoms with Crippen molar-refractivity contribution in [1.29, 1.82) is 0 Å². The van der Waals surface area contributed by atoms with Gasteiger partial charge in [0.25, 0.3) is 0 Å². The van der Waals surface area contributed by atoms with E-state index in [4.69, 9.17) is 11.5 Å². The molecule has 0 spiro atoms. The van der Waals surface area contributed by atoms with Gasteiger partial charge < -0.3 is 10.0 Å². The Morgan fingerprint density at radius 1 is 1.67 bits per heavy atom. The van der Waals surface area contributed by atoms with E-state index >= 15 is 0 Å². The van der Waals surface area contributed by atoms with Gasteiger partial charge in [0.1, 0.15) is 0 Å². The summed E-state index contributed by atoms with van der Waals surface area (Å²) in [5, 5.41) is 8.68. The van der Waals surface area contributed by atoms with Crippen LogP contribution in [0.1, 0.15) is 19.3 Å². The van der Waals surface area contributed by atoms with Gasteiger partial charge in [-0.2, -0.15) is 0 Å². The van der Waals surface area contributed by atoms with Gasteiger partial charge in [0.2, 0.25) is 5.91 Å². The summed E-state index contributed by atoms with van der Waals surface area (Å²) in [6.45, 7) is 0.442. The average Bonchev–Trinajstić information content (AvgIpc) is 2.83. The number of rotatable bonds is 4. The molecule has 1 fully saturated rings. The van der Waals surface area contributed by atoms with Gasteiger partial charge in [-0.25, -0.2) is 0 Å². The number of hydrogen-bond acceptors (Lipinski definition) is 2. The van der Waals surface area contributed by atoms with Gasteiger partial charge in [0, 0.05) is 12.6 Å². The third kappa shape index (κ3) is 2.24. The highest BCUT2D eigenvalue weighted by atomic mass is 16.3. The standard InChI is InChI=1S/C9H13NO2/c1-2-3-9(12)10(6-7-11)8-4-5-8/h1,8,11H,3-7H2. The van der Waals surface area contributed by atoms with Gasteiger partial charge >= 0.3 is 0 Å². The Balaban J connectivity index is 2.41. The van der Waals surface area contributed by atoms with Crippen LogP contribution in [0.15, 0.2) is 0 Å². The Hall–Kier alpha value is -1.01. The molecule has 0 aromatic carbocycles. The first-order chi connectivity index (χ1) is 5.79. The smallest absolute Gasteiger partial charge is 0.234 e. The molecule has 1 amide bonds. The molecule has 1 aliphatic rings. The molecule has 1 saturated carbocycles. The van der Waals surface area contributed by atoms with E-state index in [9.17, 15) is 4.79 Å². The second kappa shape index (κ2) is 4.13. The quantitative estimate of drug-likeness (QED) is 0.598. The number of nitrogens with zero attached hydrogens (tertiary/aromatic N) is 1. The highest BCUT2D eigenvalue weighted by Crippen LogP contribution is 2.26. The predicted octanol–water partition coefficient (Wildman–Crippen LogP) is -0.00700. The zero-order valence-electron chi connectivity index (χ0n) is 6.99. The molecule has 3 heteroatoms. The summed E-state index contributed by atoms with van der Waals surface area (Å²) >= 11 is 0. The molecule has 0 aliphatic heterocycles. The molecule has 0 atom stereocenters. The molecule has 3 nitrogen and oxygen atoms in total. The molecular weight excluding hydrogens is 154 g/mol. The maximum absolute atomic E-state index is 11.3. The summed E-state index contributed by atoms with van der Waals surface area (Å²) in [5.41, 5.74) is 0. The van der Waals surface area contributed by atoms with E-state index in [1.807, 2.05) is 0 Å². The van der Waals surface area contributed by atoms with Crippen LogP contribution in [0.4, 0.5) is 0 Å². The maximum atomic E-state index is 11.3. The Bertz CT molecular complexity index is 203. The maximum Gasteiger partial charge on any atom is 0.234 e. The Morgan fingerprint density at radius 2 is 2.33 bits per heavy atom. The van der Waals surface area contributed by atoms with E-state index in [0.717, 1.165) is 12.8 Å². The van der Waals surface area contributed by atoms with Crippen molar-refractivity contribution in [2.75, 3.05) is 13.2 Å². The summed E-state index contributed by atoms with van der Waals surface area (Å²) in [4.78, 5) is 13.0. The van der Waals surface area contributed by atoms with Crippen molar-refractivity contribution in [3.63, 3.8) is 0 Å². The van der Waals surface area contributed by atoms with Crippen molar-refractivity contribution >= 4 is 5.91 Å². The summed E-state index contributed by atoms with van der Waals surface area (Å²) in [5.74, 6) is 2.28. The summed E-state index contributed by atoms with van der Waals surface area (Å²) in [7, 11) is 0. The summed E-state index contributed by atoms with van der Waals surface area (Å²) < 4.78 is 0. The molecular formula is C9H13NO2. The van der Waals surface area contributed by atoms with E-state index < -0.39 is 0 Å². The lowest BCUT2D eigenvalue weighted by Gasteiger charge is -2.19. The number of aliphatic hydroxyl groups excluding tert-OH is 1. The lowest BCUT2D eigenvalue weighted by molar-refractivity contribution is -0.131. The normalized spacial score (nSPS) is 15.3. The van der Waals surface area contributed by atoms with Crippen LogP contribution in [-0.4, -0.2) is 35.1 Å². The molecule has 0 aromatic rings. The second-order valence-electron chi connectivity index (χ2n) is 2.92. The van der Waals surface area contributed by atoms with Gasteiger partial charge in [0.05, 0.1) is 13.0 Å². The van der Waals surface area contributed by atoms with Gasteiger partial charge in [-0.15, -0.1) is 6.42 Å². The van der Waals surface area contributed by atoms with Crippen molar-refractivity contribution in [3.05, 3.63) is 0 Å². The molecule has 0 heterocycles. The van der Waals surface area contributed by atoms with Crippen molar-refractivity contribution < 1.29 is 9.90 Å². The third-order valence-electron chi connectivity index (χ3n) is 1.90. The monoisotopic (exact) mass is 167 g/mol. The van der Waals surface area contributed by atoms with E-state index in [1.54, 1.807) is 4.90 Å². The third-order valence-corrected chi connectivity index (χ3v) is 1.90. The number of amides is 1. The minimum Gasteiger partial charge on any atom is -0.395 e. The van der Waals surface area contributed by atoms with Crippen LogP contribution in [-0.2, 0) is 4.79 Å². The summed E-state index contributed by atoms with van der Waals surface area (Å²) in [6.07, 6.45) is 7.28. The largest absolute Gasteiger partial charge is 0.395 e. The first-order valence-electron chi connectivity index (χ1n) is 4.13. The Labute approximate surface area is 72.4 Å². The SMILES string of the molecule is C#CCC(=O)N(CCO)C1CC1. The Morgan fingerprint density at radius 3 is 2.75 bits per heavy atom. The fourth-order valence-electron chi connectivity index (χ4n) is 1.19. The van der Waals surface area contributed by atoms with Crippen LogP contribution in [0.5, 0.6) is 0 Å². The zero-order valence-corrected chi connectivity index (χ0v) is 6.99. The minimum atomic E-state index is -0.0333. The van der Waals surface area contributed by atoms with Crippen molar-refractivity contribution in [2.24, 2.45) is 0 Å². The van der Waals surface area contributed by atoms with Crippen LogP contribution >= 0.6 is 0 Å². The van der Waals surface area contributed by atoms with Crippen molar-refractivity contribution in [2.45, 2.75) is 25.3 Å². The molecule has 0 aromatic heterocycles. The fraction of sp³-hybridized carbons (Fsp3) is 0.667. The molecule has 1 N–H and O–H groups in total. The van der Waals surface area contributed by atoms with E-state index in [2.05, 4.69) is 5.92 Å². The molecule has 12 heavy (non-hydrogen) atoms. The van der Waals surface area contributed by atoms with Crippen LogP contribution in [0.25, 0.3) is 0 Å². The van der Waals surface area contributed by atoms with E-state index in [-0.39, 0.29) is 18.9 Å². The number of carbonyl (C=O) groups is 1. The number of carbonyl (C=O) groups excluding carboxylic acids is 1. The minimum absolute atomic E-state index is 0.0206. The van der Waals surface area contributed by atoms with Gasteiger partial charge in [0.15, 0.2) is 0 Å².